The van der Waals surface area contributed by atoms with Crippen molar-refractivity contribution in [2.24, 2.45) is 4.99 Å². The number of benzene rings is 1. The topological polar surface area (TPSA) is 56.7 Å². The highest BCUT2D eigenvalue weighted by atomic mass is 127. The lowest BCUT2D eigenvalue weighted by Crippen LogP contribution is -2.45. The summed E-state index contributed by atoms with van der Waals surface area (Å²) in [6.45, 7) is 7.30. The maximum atomic E-state index is 11.9. The van der Waals surface area contributed by atoms with Gasteiger partial charge in [0, 0.05) is 41.7 Å². The van der Waals surface area contributed by atoms with Gasteiger partial charge in [-0.3, -0.25) is 9.79 Å². The number of aliphatic imine (C=N–C) groups is 1. The van der Waals surface area contributed by atoms with E-state index in [2.05, 4.69) is 47.9 Å². The summed E-state index contributed by atoms with van der Waals surface area (Å²) in [6.07, 6.45) is 4.01. The first-order valence-corrected chi connectivity index (χ1v) is 10.5. The van der Waals surface area contributed by atoms with Gasteiger partial charge in [-0.1, -0.05) is 25.1 Å². The van der Waals surface area contributed by atoms with E-state index >= 15 is 0 Å². The fraction of sp³-hybridized carbons (Fsp3) is 0.600. The second-order valence-corrected chi connectivity index (χ2v) is 8.66. The number of rotatable bonds is 7. The van der Waals surface area contributed by atoms with E-state index in [1.807, 2.05) is 23.6 Å². The SMILES string of the molecule is CCNC(=NCC1(Sc2ccccc2)CC1)NC1CCN(C(=O)CC)C1.I. The summed E-state index contributed by atoms with van der Waals surface area (Å²) in [5.74, 6) is 1.12. The number of amides is 1. The highest BCUT2D eigenvalue weighted by molar-refractivity contribution is 14.0. The third kappa shape index (κ3) is 6.55. The highest BCUT2D eigenvalue weighted by Crippen LogP contribution is 2.51. The highest BCUT2D eigenvalue weighted by Gasteiger charge is 2.43. The van der Waals surface area contributed by atoms with Gasteiger partial charge in [-0.15, -0.1) is 35.7 Å². The number of hydrogen-bond acceptors (Lipinski definition) is 3. The van der Waals surface area contributed by atoms with Gasteiger partial charge >= 0.3 is 0 Å². The molecule has 2 N–H and O–H groups in total. The number of hydrogen-bond donors (Lipinski definition) is 2. The molecule has 1 amide bonds. The molecular formula is C20H31IN4OS. The van der Waals surface area contributed by atoms with Crippen molar-refractivity contribution in [2.75, 3.05) is 26.2 Å². The monoisotopic (exact) mass is 502 g/mol. The van der Waals surface area contributed by atoms with Crippen molar-refractivity contribution in [2.45, 2.75) is 55.2 Å². The Kier molecular flexibility index (Phi) is 8.72. The maximum absolute atomic E-state index is 11.9. The van der Waals surface area contributed by atoms with E-state index in [9.17, 15) is 4.79 Å². The van der Waals surface area contributed by atoms with Gasteiger partial charge in [0.25, 0.3) is 0 Å². The lowest BCUT2D eigenvalue weighted by atomic mass is 10.3. The number of carbonyl (C=O) groups is 1. The van der Waals surface area contributed by atoms with Gasteiger partial charge in [0.1, 0.15) is 0 Å². The van der Waals surface area contributed by atoms with Crippen LogP contribution in [0.2, 0.25) is 0 Å². The Labute approximate surface area is 184 Å². The van der Waals surface area contributed by atoms with E-state index < -0.39 is 0 Å². The first kappa shape index (κ1) is 22.3. The Morgan fingerprint density at radius 2 is 2.04 bits per heavy atom. The normalized spacial score (nSPS) is 20.7. The van der Waals surface area contributed by atoms with Gasteiger partial charge in [-0.25, -0.2) is 0 Å². The first-order valence-electron chi connectivity index (χ1n) is 9.71. The Hall–Kier alpha value is -0.960. The third-order valence-electron chi connectivity index (χ3n) is 4.94. The number of guanidine groups is 1. The molecule has 0 spiro atoms. The molecule has 0 radical (unpaired) electrons. The fourth-order valence-electron chi connectivity index (χ4n) is 3.24. The van der Waals surface area contributed by atoms with E-state index in [1.165, 1.54) is 17.7 Å². The van der Waals surface area contributed by atoms with Gasteiger partial charge < -0.3 is 15.5 Å². The van der Waals surface area contributed by atoms with Crippen molar-refractivity contribution in [1.29, 1.82) is 0 Å². The van der Waals surface area contributed by atoms with Crippen LogP contribution in [-0.4, -0.2) is 53.7 Å². The van der Waals surface area contributed by atoms with Crippen molar-refractivity contribution in [1.82, 2.24) is 15.5 Å². The van der Waals surface area contributed by atoms with Crippen LogP contribution in [0, 0.1) is 0 Å². The van der Waals surface area contributed by atoms with Gasteiger partial charge in [0.05, 0.1) is 6.54 Å². The van der Waals surface area contributed by atoms with E-state index in [1.54, 1.807) is 0 Å². The van der Waals surface area contributed by atoms with Crippen LogP contribution in [-0.2, 0) is 4.79 Å². The number of nitrogens with zero attached hydrogens (tertiary/aromatic N) is 2. The molecule has 1 unspecified atom stereocenters. The van der Waals surface area contributed by atoms with Crippen LogP contribution in [0.4, 0.5) is 0 Å². The number of halogens is 1. The Balaban J connectivity index is 0.00000261. The summed E-state index contributed by atoms with van der Waals surface area (Å²) >= 11 is 1.95. The molecule has 1 aliphatic carbocycles. The molecule has 3 rings (SSSR count). The van der Waals surface area contributed by atoms with E-state index in [0.717, 1.165) is 38.6 Å². The molecule has 150 valence electrons. The molecular weight excluding hydrogens is 471 g/mol. The molecule has 1 aromatic carbocycles. The molecule has 0 bridgehead atoms. The van der Waals surface area contributed by atoms with Crippen LogP contribution in [0.1, 0.15) is 39.5 Å². The minimum absolute atomic E-state index is 0. The van der Waals surface area contributed by atoms with Crippen molar-refractivity contribution in [3.05, 3.63) is 30.3 Å². The molecule has 2 fully saturated rings. The average molecular weight is 502 g/mol. The minimum Gasteiger partial charge on any atom is -0.357 e. The van der Waals surface area contributed by atoms with Crippen molar-refractivity contribution < 1.29 is 4.79 Å². The molecule has 5 nitrogen and oxygen atoms in total. The molecule has 1 saturated heterocycles. The largest absolute Gasteiger partial charge is 0.357 e. The van der Waals surface area contributed by atoms with Crippen molar-refractivity contribution >= 4 is 47.6 Å². The second-order valence-electron chi connectivity index (χ2n) is 7.12. The van der Waals surface area contributed by atoms with Crippen LogP contribution in [0.3, 0.4) is 0 Å². The molecule has 1 atom stereocenters. The van der Waals surface area contributed by atoms with Crippen LogP contribution in [0.5, 0.6) is 0 Å². The van der Waals surface area contributed by atoms with Crippen LogP contribution in [0.15, 0.2) is 40.2 Å². The molecule has 27 heavy (non-hydrogen) atoms. The van der Waals surface area contributed by atoms with Crippen molar-refractivity contribution in [3.8, 4) is 0 Å². The number of thioether (sulfide) groups is 1. The lowest BCUT2D eigenvalue weighted by molar-refractivity contribution is -0.129. The van der Waals surface area contributed by atoms with Gasteiger partial charge in [-0.2, -0.15) is 0 Å². The molecule has 1 aliphatic heterocycles. The van der Waals surface area contributed by atoms with Gasteiger partial charge in [0.2, 0.25) is 5.91 Å². The summed E-state index contributed by atoms with van der Waals surface area (Å²) < 4.78 is 0.254. The lowest BCUT2D eigenvalue weighted by Gasteiger charge is -2.19. The Morgan fingerprint density at radius 1 is 1.30 bits per heavy atom. The molecule has 7 heteroatoms. The van der Waals surface area contributed by atoms with Crippen molar-refractivity contribution in [3.63, 3.8) is 0 Å². The first-order chi connectivity index (χ1) is 12.6. The van der Waals surface area contributed by atoms with Crippen LogP contribution < -0.4 is 10.6 Å². The third-order valence-corrected chi connectivity index (χ3v) is 6.42. The number of carbonyl (C=O) groups excluding carboxylic acids is 1. The van der Waals surface area contributed by atoms with Gasteiger partial charge in [0.15, 0.2) is 5.96 Å². The Bertz CT molecular complexity index is 636. The number of nitrogens with one attached hydrogen (secondary N) is 2. The standard InChI is InChI=1S/C20H30N4OS.HI/c1-3-18(25)24-13-10-16(14-24)23-19(21-4-2)22-15-20(11-12-20)26-17-8-6-5-7-9-17;/h5-9,16H,3-4,10-15H2,1-2H3,(H2,21,22,23);1H. The minimum atomic E-state index is 0. The molecule has 0 aromatic heterocycles. The van der Waals surface area contributed by atoms with Gasteiger partial charge in [-0.05, 0) is 38.3 Å². The Morgan fingerprint density at radius 3 is 2.67 bits per heavy atom. The molecule has 2 aliphatic rings. The summed E-state index contributed by atoms with van der Waals surface area (Å²) in [5, 5.41) is 6.88. The fourth-order valence-corrected chi connectivity index (χ4v) is 4.46. The predicted octanol–water partition coefficient (Wildman–Crippen LogP) is 3.50. The zero-order chi connectivity index (χ0) is 18.4. The van der Waals surface area contributed by atoms with Crippen LogP contribution >= 0.6 is 35.7 Å². The quantitative estimate of drug-likeness (QED) is 0.341. The zero-order valence-electron chi connectivity index (χ0n) is 16.2. The summed E-state index contributed by atoms with van der Waals surface area (Å²) in [7, 11) is 0. The molecule has 1 heterocycles. The van der Waals surface area contributed by atoms with Crippen LogP contribution in [0.25, 0.3) is 0 Å². The molecule has 1 aromatic rings. The summed E-state index contributed by atoms with van der Waals surface area (Å²) in [4.78, 5) is 20.0. The smallest absolute Gasteiger partial charge is 0.222 e. The van der Waals surface area contributed by atoms with E-state index in [4.69, 9.17) is 4.99 Å². The maximum Gasteiger partial charge on any atom is 0.222 e. The van der Waals surface area contributed by atoms with E-state index in [0.29, 0.717) is 12.5 Å². The molecule has 1 saturated carbocycles. The number of likely N-dealkylation sites (tertiary alicyclic amines) is 1. The predicted molar refractivity (Wildman–Crippen MR) is 124 cm³/mol. The summed E-state index contributed by atoms with van der Waals surface area (Å²) in [6, 6.07) is 10.9. The zero-order valence-corrected chi connectivity index (χ0v) is 19.4. The second kappa shape index (κ2) is 10.5. The van der Waals surface area contributed by atoms with E-state index in [-0.39, 0.29) is 34.6 Å². The average Bonchev–Trinajstić information content (AvgIpc) is 3.26. The summed E-state index contributed by atoms with van der Waals surface area (Å²) in [5.41, 5.74) is 0.